The molecule has 9 heteroatoms. The highest BCUT2D eigenvalue weighted by atomic mass is 19.4. The van der Waals surface area contributed by atoms with Gasteiger partial charge in [-0.1, -0.05) is 12.1 Å². The van der Waals surface area contributed by atoms with E-state index < -0.39 is 12.8 Å². The zero-order valence-corrected chi connectivity index (χ0v) is 13.4. The quantitative estimate of drug-likeness (QED) is 0.616. The van der Waals surface area contributed by atoms with Gasteiger partial charge in [-0.05, 0) is 17.7 Å². The smallest absolute Gasteiger partial charge is 0.422 e. The Kier molecular flexibility index (Phi) is 6.04. The third-order valence-electron chi connectivity index (χ3n) is 2.96. The van der Waals surface area contributed by atoms with Gasteiger partial charge in [0.05, 0.1) is 13.7 Å². The van der Waals surface area contributed by atoms with Crippen molar-refractivity contribution in [3.63, 3.8) is 0 Å². The van der Waals surface area contributed by atoms with Gasteiger partial charge < -0.3 is 20.5 Å². The number of aromatic nitrogens is 1. The number of benzene rings is 1. The highest BCUT2D eigenvalue weighted by molar-refractivity contribution is 5.92. The van der Waals surface area contributed by atoms with Crippen LogP contribution in [0.2, 0.25) is 0 Å². The number of nitrogens with two attached hydrogens (primary N) is 1. The van der Waals surface area contributed by atoms with Gasteiger partial charge in [-0.15, -0.1) is 0 Å². The standard InChI is InChI=1S/C16H17F3N4O2/c1-24-13-4-2-3-12(7-13)23-15(20)22-9-11-5-6-14(21-8-11)25-10-16(17,18)19/h2-8H,9-10H2,1H3,(H3,20,22,23). The molecule has 0 bridgehead atoms. The molecule has 0 spiro atoms. The van der Waals surface area contributed by atoms with Gasteiger partial charge in [0.2, 0.25) is 5.88 Å². The molecule has 0 saturated heterocycles. The van der Waals surface area contributed by atoms with E-state index in [9.17, 15) is 13.2 Å². The molecular formula is C16H17F3N4O2. The molecule has 1 aromatic heterocycles. The summed E-state index contributed by atoms with van der Waals surface area (Å²) in [5, 5.41) is 2.91. The van der Waals surface area contributed by atoms with Gasteiger partial charge in [-0.25, -0.2) is 9.98 Å². The highest BCUT2D eigenvalue weighted by Crippen LogP contribution is 2.18. The van der Waals surface area contributed by atoms with Crippen LogP contribution in [0, 0.1) is 0 Å². The molecule has 0 amide bonds. The molecule has 6 nitrogen and oxygen atoms in total. The number of halogens is 3. The maximum absolute atomic E-state index is 12.1. The molecule has 0 radical (unpaired) electrons. The predicted molar refractivity (Wildman–Crippen MR) is 87.7 cm³/mol. The van der Waals surface area contributed by atoms with Gasteiger partial charge >= 0.3 is 6.18 Å². The average molecular weight is 354 g/mol. The van der Waals surface area contributed by atoms with E-state index in [0.717, 1.165) is 5.69 Å². The van der Waals surface area contributed by atoms with Crippen LogP contribution in [-0.4, -0.2) is 30.8 Å². The molecule has 1 aromatic carbocycles. The number of ether oxygens (including phenoxy) is 2. The van der Waals surface area contributed by atoms with Crippen LogP contribution in [0.25, 0.3) is 0 Å². The molecule has 0 unspecified atom stereocenters. The Balaban J connectivity index is 1.89. The maximum atomic E-state index is 12.1. The van der Waals surface area contributed by atoms with Crippen LogP contribution in [0.5, 0.6) is 11.6 Å². The lowest BCUT2D eigenvalue weighted by atomic mass is 10.3. The Morgan fingerprint density at radius 2 is 2.08 bits per heavy atom. The summed E-state index contributed by atoms with van der Waals surface area (Å²) in [6.07, 6.45) is -3.01. The van der Waals surface area contributed by atoms with Crippen molar-refractivity contribution in [2.24, 2.45) is 10.7 Å². The van der Waals surface area contributed by atoms with E-state index in [-0.39, 0.29) is 18.4 Å². The van der Waals surface area contributed by atoms with Crippen LogP contribution in [0.15, 0.2) is 47.6 Å². The number of methoxy groups -OCH3 is 1. The summed E-state index contributed by atoms with van der Waals surface area (Å²) in [5.74, 6) is 0.759. The summed E-state index contributed by atoms with van der Waals surface area (Å²) in [6.45, 7) is -1.16. The third-order valence-corrected chi connectivity index (χ3v) is 2.96. The number of hydrogen-bond acceptors (Lipinski definition) is 4. The van der Waals surface area contributed by atoms with Crippen molar-refractivity contribution in [3.05, 3.63) is 48.2 Å². The van der Waals surface area contributed by atoms with Gasteiger partial charge in [0, 0.05) is 24.0 Å². The number of aliphatic imine (C=N–C) groups is 1. The van der Waals surface area contributed by atoms with Gasteiger partial charge in [0.15, 0.2) is 12.6 Å². The number of hydrogen-bond donors (Lipinski definition) is 2. The summed E-state index contributed by atoms with van der Waals surface area (Å²) in [6, 6.07) is 10.1. The number of anilines is 1. The van der Waals surface area contributed by atoms with E-state index in [1.807, 2.05) is 0 Å². The Morgan fingerprint density at radius 1 is 1.28 bits per heavy atom. The first-order valence-corrected chi connectivity index (χ1v) is 7.21. The minimum Gasteiger partial charge on any atom is -0.497 e. The lowest BCUT2D eigenvalue weighted by molar-refractivity contribution is -0.154. The van der Waals surface area contributed by atoms with Crippen LogP contribution in [0.4, 0.5) is 18.9 Å². The number of guanidine groups is 1. The van der Waals surface area contributed by atoms with Gasteiger partial charge in [0.1, 0.15) is 5.75 Å². The Morgan fingerprint density at radius 3 is 2.72 bits per heavy atom. The second kappa shape index (κ2) is 8.22. The van der Waals surface area contributed by atoms with Crippen molar-refractivity contribution < 1.29 is 22.6 Å². The largest absolute Gasteiger partial charge is 0.497 e. The van der Waals surface area contributed by atoms with Crippen LogP contribution < -0.4 is 20.5 Å². The fourth-order valence-corrected chi connectivity index (χ4v) is 1.81. The number of alkyl halides is 3. The molecule has 2 aromatic rings. The molecule has 0 aliphatic rings. The van der Waals surface area contributed by atoms with E-state index in [4.69, 9.17) is 10.5 Å². The predicted octanol–water partition coefficient (Wildman–Crippen LogP) is 2.96. The van der Waals surface area contributed by atoms with Gasteiger partial charge in [-0.3, -0.25) is 0 Å². The lowest BCUT2D eigenvalue weighted by Crippen LogP contribution is -2.22. The first-order valence-electron chi connectivity index (χ1n) is 7.21. The average Bonchev–Trinajstić information content (AvgIpc) is 2.58. The Labute approximate surface area is 142 Å². The monoisotopic (exact) mass is 354 g/mol. The van der Waals surface area contributed by atoms with Crippen molar-refractivity contribution in [2.75, 3.05) is 19.0 Å². The van der Waals surface area contributed by atoms with E-state index in [0.29, 0.717) is 11.3 Å². The molecule has 0 saturated carbocycles. The summed E-state index contributed by atoms with van der Waals surface area (Å²) in [7, 11) is 1.56. The summed E-state index contributed by atoms with van der Waals surface area (Å²) >= 11 is 0. The minimum atomic E-state index is -4.40. The SMILES string of the molecule is COc1cccc(NC(N)=NCc2ccc(OCC(F)(F)F)nc2)c1. The van der Waals surface area contributed by atoms with Crippen LogP contribution in [-0.2, 0) is 6.54 Å². The highest BCUT2D eigenvalue weighted by Gasteiger charge is 2.28. The molecule has 0 aliphatic carbocycles. The van der Waals surface area contributed by atoms with Crippen molar-refractivity contribution in [3.8, 4) is 11.6 Å². The summed E-state index contributed by atoms with van der Waals surface area (Å²) in [4.78, 5) is 7.94. The van der Waals surface area contributed by atoms with Crippen molar-refractivity contribution in [2.45, 2.75) is 12.7 Å². The Bertz CT molecular complexity index is 718. The van der Waals surface area contributed by atoms with Crippen molar-refractivity contribution >= 4 is 11.6 Å². The normalized spacial score (nSPS) is 11.9. The van der Waals surface area contributed by atoms with Crippen LogP contribution in [0.1, 0.15) is 5.56 Å². The fourth-order valence-electron chi connectivity index (χ4n) is 1.81. The zero-order valence-electron chi connectivity index (χ0n) is 13.4. The molecule has 0 atom stereocenters. The van der Waals surface area contributed by atoms with E-state index in [1.54, 1.807) is 37.4 Å². The fraction of sp³-hybridized carbons (Fsp3) is 0.250. The molecule has 25 heavy (non-hydrogen) atoms. The van der Waals surface area contributed by atoms with E-state index in [2.05, 4.69) is 20.0 Å². The zero-order chi connectivity index (χ0) is 18.3. The topological polar surface area (TPSA) is 81.8 Å². The maximum Gasteiger partial charge on any atom is 0.422 e. The molecule has 1 heterocycles. The summed E-state index contributed by atoms with van der Waals surface area (Å²) < 4.78 is 45.8. The van der Waals surface area contributed by atoms with Gasteiger partial charge in [0.25, 0.3) is 0 Å². The van der Waals surface area contributed by atoms with Crippen LogP contribution >= 0.6 is 0 Å². The van der Waals surface area contributed by atoms with Crippen molar-refractivity contribution in [1.82, 2.24) is 4.98 Å². The van der Waals surface area contributed by atoms with Crippen molar-refractivity contribution in [1.29, 1.82) is 0 Å². The van der Waals surface area contributed by atoms with Gasteiger partial charge in [-0.2, -0.15) is 13.2 Å². The first kappa shape index (κ1) is 18.4. The van der Waals surface area contributed by atoms with Crippen LogP contribution in [0.3, 0.4) is 0 Å². The first-order chi connectivity index (χ1) is 11.9. The minimum absolute atomic E-state index is 0.104. The number of nitrogens with one attached hydrogen (secondary N) is 1. The van der Waals surface area contributed by atoms with E-state index in [1.165, 1.54) is 12.3 Å². The molecule has 0 fully saturated rings. The molecule has 2 rings (SSSR count). The summed E-state index contributed by atoms with van der Waals surface area (Å²) in [5.41, 5.74) is 7.19. The Hall–Kier alpha value is -2.97. The molecule has 134 valence electrons. The third kappa shape index (κ3) is 6.58. The molecule has 0 aliphatic heterocycles. The molecular weight excluding hydrogens is 337 g/mol. The van der Waals surface area contributed by atoms with E-state index >= 15 is 0 Å². The molecule has 3 N–H and O–H groups in total. The number of pyridine rings is 1. The second-order valence-electron chi connectivity index (χ2n) is 4.97. The second-order valence-corrected chi connectivity index (χ2v) is 4.97. The lowest BCUT2D eigenvalue weighted by Gasteiger charge is -2.09. The number of rotatable bonds is 6. The number of nitrogens with zero attached hydrogens (tertiary/aromatic N) is 2.